The molecule has 3 atom stereocenters. The van der Waals surface area contributed by atoms with Crippen LogP contribution in [-0.2, 0) is 9.53 Å². The zero-order valence-corrected chi connectivity index (χ0v) is 14.5. The first-order chi connectivity index (χ1) is 10.8. The van der Waals surface area contributed by atoms with Crippen LogP contribution >= 0.6 is 0 Å². The fourth-order valence-corrected chi connectivity index (χ4v) is 3.59. The van der Waals surface area contributed by atoms with Gasteiger partial charge in [-0.05, 0) is 71.3 Å². The highest BCUT2D eigenvalue weighted by atomic mass is 16.6. The fraction of sp³-hybridized carbons (Fsp3) is 0.882. The summed E-state index contributed by atoms with van der Waals surface area (Å²) in [6.07, 6.45) is 4.51. The van der Waals surface area contributed by atoms with Crippen LogP contribution in [0.15, 0.2) is 0 Å². The van der Waals surface area contributed by atoms with Crippen LogP contribution in [0.25, 0.3) is 0 Å². The molecule has 0 saturated carbocycles. The van der Waals surface area contributed by atoms with Crippen molar-refractivity contribution in [1.82, 2.24) is 10.2 Å². The Balaban J connectivity index is 1.82. The third kappa shape index (κ3) is 5.37. The van der Waals surface area contributed by atoms with Gasteiger partial charge in [0.05, 0.1) is 0 Å². The summed E-state index contributed by atoms with van der Waals surface area (Å²) in [5.41, 5.74) is -0.456. The Kier molecular flexibility index (Phi) is 5.89. The van der Waals surface area contributed by atoms with E-state index in [4.69, 9.17) is 9.84 Å². The van der Waals surface area contributed by atoms with Crippen molar-refractivity contribution in [3.63, 3.8) is 0 Å². The molecule has 0 aromatic carbocycles. The van der Waals surface area contributed by atoms with Crippen LogP contribution < -0.4 is 5.32 Å². The molecular weight excluding hydrogens is 296 g/mol. The summed E-state index contributed by atoms with van der Waals surface area (Å²) < 4.78 is 5.46. The number of ether oxygens (including phenoxy) is 1. The Bertz CT molecular complexity index is 425. The summed E-state index contributed by atoms with van der Waals surface area (Å²) in [6.45, 7) is 7.92. The molecule has 2 N–H and O–H groups in total. The Morgan fingerprint density at radius 3 is 2.39 bits per heavy atom. The Labute approximate surface area is 138 Å². The number of nitrogens with zero attached hydrogens (tertiary/aromatic N) is 1. The van der Waals surface area contributed by atoms with Crippen LogP contribution in [0.5, 0.6) is 0 Å². The molecule has 6 heteroatoms. The van der Waals surface area contributed by atoms with E-state index in [1.165, 1.54) is 0 Å². The minimum absolute atomic E-state index is 0.217. The lowest BCUT2D eigenvalue weighted by Gasteiger charge is -2.33. The quantitative estimate of drug-likeness (QED) is 0.815. The first kappa shape index (κ1) is 18.0. The van der Waals surface area contributed by atoms with E-state index in [-0.39, 0.29) is 6.09 Å². The average molecular weight is 326 g/mol. The summed E-state index contributed by atoms with van der Waals surface area (Å²) >= 11 is 0. The number of piperidine rings is 1. The number of carbonyl (C=O) groups is 2. The summed E-state index contributed by atoms with van der Waals surface area (Å²) in [4.78, 5) is 25.0. The number of nitrogens with one attached hydrogen (secondary N) is 1. The number of rotatable bonds is 2. The van der Waals surface area contributed by atoms with Crippen LogP contribution in [0.3, 0.4) is 0 Å². The largest absolute Gasteiger partial charge is 0.480 e. The number of likely N-dealkylation sites (tertiary alicyclic amines) is 1. The molecule has 2 aliphatic rings. The van der Waals surface area contributed by atoms with E-state index in [0.29, 0.717) is 18.3 Å². The van der Waals surface area contributed by atoms with Crippen molar-refractivity contribution >= 4 is 12.1 Å². The molecule has 2 rings (SSSR count). The number of carboxylic acid groups (broad SMARTS) is 1. The predicted molar refractivity (Wildman–Crippen MR) is 87.3 cm³/mol. The Hall–Kier alpha value is -1.30. The summed E-state index contributed by atoms with van der Waals surface area (Å²) in [6, 6.07) is -0.393. The van der Waals surface area contributed by atoms with Crippen molar-refractivity contribution in [2.45, 2.75) is 64.5 Å². The summed E-state index contributed by atoms with van der Waals surface area (Å²) in [7, 11) is 0. The second-order valence-corrected chi connectivity index (χ2v) is 7.79. The highest BCUT2D eigenvalue weighted by Gasteiger charge is 2.32. The molecule has 0 bridgehead atoms. The van der Waals surface area contributed by atoms with E-state index in [2.05, 4.69) is 5.32 Å². The molecule has 23 heavy (non-hydrogen) atoms. The van der Waals surface area contributed by atoms with Crippen molar-refractivity contribution in [3.05, 3.63) is 0 Å². The van der Waals surface area contributed by atoms with Gasteiger partial charge < -0.3 is 20.1 Å². The standard InChI is InChI=1S/C17H30N2O4/c1-17(2,3)23-16(22)19-9-4-5-12(8-10-19)13-6-7-14(15(20)21)18-11-13/h12-14,18H,4-11H2,1-3H3,(H,20,21). The molecule has 132 valence electrons. The SMILES string of the molecule is CC(C)(C)OC(=O)N1CCCC(C2CCC(C(=O)O)NC2)CC1. The fourth-order valence-electron chi connectivity index (χ4n) is 3.59. The van der Waals surface area contributed by atoms with E-state index in [1.54, 1.807) is 0 Å². The van der Waals surface area contributed by atoms with Crippen LogP contribution in [0.1, 0.15) is 52.9 Å². The normalized spacial score (nSPS) is 29.7. The van der Waals surface area contributed by atoms with Crippen molar-refractivity contribution in [2.75, 3.05) is 19.6 Å². The van der Waals surface area contributed by atoms with Crippen LogP contribution in [0, 0.1) is 11.8 Å². The number of carbonyl (C=O) groups excluding carboxylic acids is 1. The molecule has 0 aliphatic carbocycles. The third-order valence-corrected chi connectivity index (χ3v) is 4.84. The molecule has 0 spiro atoms. The number of hydrogen-bond acceptors (Lipinski definition) is 4. The first-order valence-electron chi connectivity index (χ1n) is 8.70. The first-order valence-corrected chi connectivity index (χ1v) is 8.70. The van der Waals surface area contributed by atoms with Crippen molar-refractivity contribution < 1.29 is 19.4 Å². The maximum absolute atomic E-state index is 12.2. The van der Waals surface area contributed by atoms with Gasteiger partial charge in [0.15, 0.2) is 0 Å². The molecule has 0 aromatic rings. The van der Waals surface area contributed by atoms with Gasteiger partial charge in [0.25, 0.3) is 0 Å². The molecule has 2 fully saturated rings. The van der Waals surface area contributed by atoms with Crippen molar-refractivity contribution in [1.29, 1.82) is 0 Å². The molecule has 1 amide bonds. The van der Waals surface area contributed by atoms with Gasteiger partial charge in [0.2, 0.25) is 0 Å². The molecule has 2 heterocycles. The smallest absolute Gasteiger partial charge is 0.410 e. The maximum atomic E-state index is 12.2. The third-order valence-electron chi connectivity index (χ3n) is 4.84. The maximum Gasteiger partial charge on any atom is 0.410 e. The minimum atomic E-state index is -0.750. The van der Waals surface area contributed by atoms with Crippen LogP contribution in [-0.4, -0.2) is 53.3 Å². The lowest BCUT2D eigenvalue weighted by atomic mass is 9.80. The summed E-state index contributed by atoms with van der Waals surface area (Å²) in [5.74, 6) is 0.328. The topological polar surface area (TPSA) is 78.9 Å². The molecule has 0 aromatic heterocycles. The predicted octanol–water partition coefficient (Wildman–Crippen LogP) is 2.48. The monoisotopic (exact) mass is 326 g/mol. The number of amides is 1. The van der Waals surface area contributed by atoms with Gasteiger partial charge in [-0.2, -0.15) is 0 Å². The van der Waals surface area contributed by atoms with Gasteiger partial charge in [0, 0.05) is 13.1 Å². The van der Waals surface area contributed by atoms with Gasteiger partial charge in [0.1, 0.15) is 11.6 Å². The van der Waals surface area contributed by atoms with Gasteiger partial charge >= 0.3 is 12.1 Å². The van der Waals surface area contributed by atoms with Gasteiger partial charge in [-0.3, -0.25) is 4.79 Å². The minimum Gasteiger partial charge on any atom is -0.480 e. The van der Waals surface area contributed by atoms with E-state index in [1.807, 2.05) is 25.7 Å². The van der Waals surface area contributed by atoms with Crippen molar-refractivity contribution in [3.8, 4) is 0 Å². The molecule has 6 nitrogen and oxygen atoms in total. The van der Waals surface area contributed by atoms with Gasteiger partial charge in [-0.1, -0.05) is 0 Å². The number of carboxylic acids is 1. The lowest BCUT2D eigenvalue weighted by molar-refractivity contribution is -0.140. The highest BCUT2D eigenvalue weighted by molar-refractivity contribution is 5.73. The van der Waals surface area contributed by atoms with E-state index < -0.39 is 17.6 Å². The Morgan fingerprint density at radius 2 is 1.83 bits per heavy atom. The van der Waals surface area contributed by atoms with Gasteiger partial charge in [-0.15, -0.1) is 0 Å². The van der Waals surface area contributed by atoms with E-state index in [0.717, 1.165) is 45.3 Å². The highest BCUT2D eigenvalue weighted by Crippen LogP contribution is 2.31. The van der Waals surface area contributed by atoms with Crippen molar-refractivity contribution in [2.24, 2.45) is 11.8 Å². The zero-order chi connectivity index (χ0) is 17.0. The molecule has 3 unspecified atom stereocenters. The van der Waals surface area contributed by atoms with E-state index in [9.17, 15) is 9.59 Å². The summed E-state index contributed by atoms with van der Waals surface area (Å²) in [5, 5.41) is 12.2. The molecule has 0 radical (unpaired) electrons. The van der Waals surface area contributed by atoms with E-state index >= 15 is 0 Å². The average Bonchev–Trinajstić information content (AvgIpc) is 2.71. The van der Waals surface area contributed by atoms with Crippen LogP contribution in [0.4, 0.5) is 4.79 Å². The number of aliphatic carboxylic acids is 1. The second kappa shape index (κ2) is 7.51. The Morgan fingerprint density at radius 1 is 1.09 bits per heavy atom. The van der Waals surface area contributed by atoms with Gasteiger partial charge in [-0.25, -0.2) is 4.79 Å². The molecule has 2 saturated heterocycles. The number of hydrogen-bond donors (Lipinski definition) is 2. The lowest BCUT2D eigenvalue weighted by Crippen LogP contribution is -2.45. The molecular formula is C17H30N2O4. The van der Waals surface area contributed by atoms with Crippen LogP contribution in [0.2, 0.25) is 0 Å². The second-order valence-electron chi connectivity index (χ2n) is 7.79. The zero-order valence-electron chi connectivity index (χ0n) is 14.5. The molecule has 2 aliphatic heterocycles.